The summed E-state index contributed by atoms with van der Waals surface area (Å²) in [6.07, 6.45) is 9.55. The number of nitrogens with one attached hydrogen (secondary N) is 2. The molecule has 4 aromatic rings. The van der Waals surface area contributed by atoms with E-state index in [9.17, 15) is 0 Å². The monoisotopic (exact) mass is 491 g/mol. The number of hydrogen-bond acceptors (Lipinski definition) is 3. The zero-order valence-electron chi connectivity index (χ0n) is 20.1. The van der Waals surface area contributed by atoms with Crippen LogP contribution in [0.2, 0.25) is 0 Å². The number of thiocarbonyl (C=S) groups is 1. The van der Waals surface area contributed by atoms with Gasteiger partial charge in [0.05, 0.1) is 23.4 Å². The lowest BCUT2D eigenvalue weighted by Crippen LogP contribution is -2.37. The van der Waals surface area contributed by atoms with Gasteiger partial charge >= 0.3 is 0 Å². The number of fused-ring (bicyclic) bond motifs is 1. The van der Waals surface area contributed by atoms with E-state index in [1.807, 2.05) is 0 Å². The lowest BCUT2D eigenvalue weighted by atomic mass is 9.92. The molecule has 0 bridgehead atoms. The maximum absolute atomic E-state index is 5.93. The zero-order valence-corrected chi connectivity index (χ0v) is 20.9. The average molecular weight is 492 g/mol. The molecule has 0 amide bonds. The Labute approximate surface area is 217 Å². The Kier molecular flexibility index (Phi) is 6.35. The highest BCUT2D eigenvalue weighted by Gasteiger charge is 2.38. The lowest BCUT2D eigenvalue weighted by Gasteiger charge is -2.29. The number of rotatable bonds is 6. The van der Waals surface area contributed by atoms with E-state index in [4.69, 9.17) is 17.2 Å². The molecule has 5 nitrogen and oxygen atoms in total. The fourth-order valence-electron chi connectivity index (χ4n) is 5.29. The third kappa shape index (κ3) is 4.56. The first-order valence-electron chi connectivity index (χ1n) is 12.6. The molecule has 180 valence electrons. The Morgan fingerprint density at radius 1 is 1.00 bits per heavy atom. The molecule has 0 spiro atoms. The van der Waals surface area contributed by atoms with Crippen molar-refractivity contribution >= 4 is 39.9 Å². The van der Waals surface area contributed by atoms with Gasteiger partial charge in [-0.15, -0.1) is 0 Å². The minimum atomic E-state index is -0.0313. The fourth-order valence-corrected chi connectivity index (χ4v) is 5.60. The summed E-state index contributed by atoms with van der Waals surface area (Å²) >= 11 is 5.93. The first kappa shape index (κ1) is 22.7. The third-order valence-corrected chi connectivity index (χ3v) is 7.38. The molecule has 2 heterocycles. The number of benzene rings is 3. The van der Waals surface area contributed by atoms with Gasteiger partial charge in [-0.1, -0.05) is 66.7 Å². The van der Waals surface area contributed by atoms with Gasteiger partial charge in [0.15, 0.2) is 5.11 Å². The Morgan fingerprint density at radius 2 is 1.81 bits per heavy atom. The minimum absolute atomic E-state index is 0.0145. The number of imidazole rings is 1. The molecular weight excluding hydrogens is 462 g/mol. The number of allylic oxidation sites excluding steroid dienone is 1. The molecule has 2 N–H and O–H groups in total. The molecular formula is C30H29N5S. The van der Waals surface area contributed by atoms with Crippen molar-refractivity contribution in [3.8, 4) is 0 Å². The van der Waals surface area contributed by atoms with E-state index in [1.165, 1.54) is 29.5 Å². The summed E-state index contributed by atoms with van der Waals surface area (Å²) in [6, 6.07) is 27.4. The van der Waals surface area contributed by atoms with Crippen LogP contribution < -0.4 is 10.2 Å². The number of aromatic amines is 1. The normalized spacial score (nSPS) is 19.9. The van der Waals surface area contributed by atoms with Crippen LogP contribution in [0.3, 0.4) is 0 Å². The molecule has 1 aromatic heterocycles. The summed E-state index contributed by atoms with van der Waals surface area (Å²) in [7, 11) is 0. The van der Waals surface area contributed by atoms with Gasteiger partial charge in [0.2, 0.25) is 0 Å². The molecule has 1 aliphatic heterocycles. The van der Waals surface area contributed by atoms with Crippen LogP contribution >= 0.6 is 12.2 Å². The fraction of sp³-hybridized carbons (Fsp3) is 0.233. The van der Waals surface area contributed by atoms with Crippen LogP contribution in [0.25, 0.3) is 11.0 Å². The molecule has 2 unspecified atom stereocenters. The summed E-state index contributed by atoms with van der Waals surface area (Å²) in [5, 5.41) is 4.20. The first-order chi connectivity index (χ1) is 17.8. The quantitative estimate of drug-likeness (QED) is 0.238. The first-order valence-corrected chi connectivity index (χ1v) is 13.1. The van der Waals surface area contributed by atoms with Crippen molar-refractivity contribution in [1.82, 2.24) is 15.3 Å². The van der Waals surface area contributed by atoms with E-state index in [2.05, 4.69) is 105 Å². The molecule has 0 saturated carbocycles. The van der Waals surface area contributed by atoms with E-state index in [0.717, 1.165) is 41.8 Å². The maximum atomic E-state index is 5.93. The molecule has 1 aliphatic carbocycles. The van der Waals surface area contributed by atoms with Crippen LogP contribution in [0.1, 0.15) is 42.9 Å². The third-order valence-electron chi connectivity index (χ3n) is 7.08. The van der Waals surface area contributed by atoms with Crippen LogP contribution in [-0.4, -0.2) is 27.0 Å². The number of anilines is 1. The van der Waals surface area contributed by atoms with E-state index in [-0.39, 0.29) is 12.1 Å². The highest BCUT2D eigenvalue weighted by molar-refractivity contribution is 7.80. The van der Waals surface area contributed by atoms with Gasteiger partial charge in [-0.2, -0.15) is 0 Å². The van der Waals surface area contributed by atoms with Crippen LogP contribution in [0.5, 0.6) is 0 Å². The van der Waals surface area contributed by atoms with Crippen molar-refractivity contribution in [3.05, 3.63) is 108 Å². The van der Waals surface area contributed by atoms with Gasteiger partial charge in [-0.25, -0.2) is 4.98 Å². The van der Waals surface area contributed by atoms with Crippen molar-refractivity contribution in [2.45, 2.75) is 44.2 Å². The smallest absolute Gasteiger partial charge is 0.179 e. The van der Waals surface area contributed by atoms with Crippen molar-refractivity contribution in [2.24, 2.45) is 4.99 Å². The average Bonchev–Trinajstić information content (AvgIpc) is 3.53. The Morgan fingerprint density at radius 3 is 2.58 bits per heavy atom. The molecule has 3 aromatic carbocycles. The number of amidine groups is 1. The highest BCUT2D eigenvalue weighted by Crippen LogP contribution is 2.33. The van der Waals surface area contributed by atoms with E-state index in [0.29, 0.717) is 5.11 Å². The summed E-state index contributed by atoms with van der Waals surface area (Å²) < 4.78 is 0. The molecule has 6 rings (SSSR count). The van der Waals surface area contributed by atoms with Gasteiger partial charge in [-0.05, 0) is 79.2 Å². The Balaban J connectivity index is 1.43. The van der Waals surface area contributed by atoms with E-state index in [1.54, 1.807) is 6.33 Å². The van der Waals surface area contributed by atoms with Crippen LogP contribution in [-0.2, 0) is 6.42 Å². The predicted molar refractivity (Wildman–Crippen MR) is 151 cm³/mol. The molecule has 36 heavy (non-hydrogen) atoms. The van der Waals surface area contributed by atoms with Gasteiger partial charge < -0.3 is 15.2 Å². The van der Waals surface area contributed by atoms with E-state index < -0.39 is 0 Å². The van der Waals surface area contributed by atoms with Crippen LogP contribution in [0.4, 0.5) is 5.69 Å². The number of aromatic nitrogens is 2. The highest BCUT2D eigenvalue weighted by atomic mass is 32.1. The van der Waals surface area contributed by atoms with E-state index >= 15 is 0 Å². The van der Waals surface area contributed by atoms with Crippen LogP contribution in [0.15, 0.2) is 102 Å². The topological polar surface area (TPSA) is 56.3 Å². The predicted octanol–water partition coefficient (Wildman–Crippen LogP) is 6.51. The lowest BCUT2D eigenvalue weighted by molar-refractivity contribution is 0.671. The van der Waals surface area contributed by atoms with Crippen molar-refractivity contribution in [1.29, 1.82) is 0 Å². The largest absolute Gasteiger partial charge is 0.345 e. The second-order valence-corrected chi connectivity index (χ2v) is 9.85. The SMILES string of the molecule is S=C1N/C(=N\C(Cc2ccccc2)c2ccccc2)C(C2=CCCCC2)N1c1ccc2[nH]cnc2c1. The van der Waals surface area contributed by atoms with Gasteiger partial charge in [0, 0.05) is 5.69 Å². The van der Waals surface area contributed by atoms with Gasteiger partial charge in [0.1, 0.15) is 11.9 Å². The number of aliphatic imine (C=N–C) groups is 1. The Hall–Kier alpha value is -3.77. The second-order valence-electron chi connectivity index (χ2n) is 9.46. The van der Waals surface area contributed by atoms with Gasteiger partial charge in [-0.3, -0.25) is 4.99 Å². The van der Waals surface area contributed by atoms with Crippen molar-refractivity contribution in [2.75, 3.05) is 4.90 Å². The standard InChI is InChI=1S/C30H29N5S/c36-30-34-29(33-26(22-12-6-2-7-13-22)18-21-10-4-1-5-11-21)28(23-14-8-3-9-15-23)35(30)24-16-17-25-27(19-24)32-20-31-25/h1-2,4-7,10-14,16-17,19-20,26,28H,3,8-9,15,18H2,(H,31,32)(H,33,34,36). The Bertz CT molecular complexity index is 1420. The number of hydrogen-bond donors (Lipinski definition) is 2. The van der Waals surface area contributed by atoms with Crippen LogP contribution in [0, 0.1) is 0 Å². The molecule has 0 radical (unpaired) electrons. The summed E-state index contributed by atoms with van der Waals surface area (Å²) in [5.74, 6) is 0.931. The zero-order chi connectivity index (χ0) is 24.3. The second kappa shape index (κ2) is 10.1. The minimum Gasteiger partial charge on any atom is -0.345 e. The maximum Gasteiger partial charge on any atom is 0.179 e. The van der Waals surface area contributed by atoms with Crippen molar-refractivity contribution in [3.63, 3.8) is 0 Å². The molecule has 1 fully saturated rings. The molecule has 2 aliphatic rings. The summed E-state index contributed by atoms with van der Waals surface area (Å²) in [5.41, 5.74) is 6.85. The summed E-state index contributed by atoms with van der Waals surface area (Å²) in [6.45, 7) is 0. The number of H-pyrrole nitrogens is 1. The summed E-state index contributed by atoms with van der Waals surface area (Å²) in [4.78, 5) is 15.3. The molecule has 2 atom stereocenters. The molecule has 1 saturated heterocycles. The molecule has 6 heteroatoms. The van der Waals surface area contributed by atoms with Crippen molar-refractivity contribution < 1.29 is 0 Å². The number of nitrogens with zero attached hydrogens (tertiary/aromatic N) is 3. The van der Waals surface area contributed by atoms with Gasteiger partial charge in [0.25, 0.3) is 0 Å².